The summed E-state index contributed by atoms with van der Waals surface area (Å²) in [4.78, 5) is 27.0. The van der Waals surface area contributed by atoms with Crippen LogP contribution in [0.2, 0.25) is 0 Å². The molecule has 0 spiro atoms. The van der Waals surface area contributed by atoms with Crippen molar-refractivity contribution in [2.75, 3.05) is 6.61 Å². The smallest absolute Gasteiger partial charge is 0.309 e. The number of fused-ring (bicyclic) bond motifs is 7. The van der Waals surface area contributed by atoms with Crippen LogP contribution in [0.3, 0.4) is 0 Å². The van der Waals surface area contributed by atoms with Crippen molar-refractivity contribution in [3.63, 3.8) is 0 Å². The first kappa shape index (κ1) is 32.6. The Bertz CT molecular complexity index is 1230. The second-order valence-electron chi connectivity index (χ2n) is 17.6. The van der Waals surface area contributed by atoms with Gasteiger partial charge in [-0.25, -0.2) is 0 Å². The number of ether oxygens (including phenoxy) is 2. The Kier molecular flexibility index (Phi) is 7.66. The molecule has 13 atom stereocenters. The van der Waals surface area contributed by atoms with Crippen LogP contribution in [0.1, 0.15) is 113 Å². The normalized spacial score (nSPS) is 53.4. The first-order valence-corrected chi connectivity index (χ1v) is 17.1. The number of allylic oxidation sites excluding steroid dienone is 2. The largest absolute Gasteiger partial charge is 0.481 e. The van der Waals surface area contributed by atoms with Gasteiger partial charge in [0.15, 0.2) is 12.1 Å². The zero-order valence-electron chi connectivity index (χ0n) is 27.9. The molecule has 1 aliphatic heterocycles. The SMILES string of the molecule is CC1(C)[C@@H](O[C@@H]2C[C@H](O)[C@H](O)[C@H](CO)O2)CC[C@]2(C)[C@H]3C(=O)C=C4[C@@H]5C[C@@](C)(C(=O)O)CC[C@]5(C)CC[C@@]4(C)[C@]3(C)CC[C@@H]12. The number of carboxylic acid groups (broad SMARTS) is 1. The van der Waals surface area contributed by atoms with E-state index in [4.69, 9.17) is 9.47 Å². The number of carbonyl (C=O) groups excluding carboxylic acids is 1. The molecule has 0 bridgehead atoms. The van der Waals surface area contributed by atoms with E-state index in [2.05, 4.69) is 41.5 Å². The van der Waals surface area contributed by atoms with Crippen LogP contribution in [0.25, 0.3) is 0 Å². The maximum atomic E-state index is 14.6. The highest BCUT2D eigenvalue weighted by atomic mass is 16.7. The van der Waals surface area contributed by atoms with Gasteiger partial charge in [-0.2, -0.15) is 0 Å². The van der Waals surface area contributed by atoms with Gasteiger partial charge >= 0.3 is 5.97 Å². The van der Waals surface area contributed by atoms with E-state index in [9.17, 15) is 30.0 Å². The van der Waals surface area contributed by atoms with E-state index in [0.717, 1.165) is 44.9 Å². The average Bonchev–Trinajstić information content (AvgIpc) is 2.94. The molecule has 5 aliphatic carbocycles. The van der Waals surface area contributed by atoms with Gasteiger partial charge in [0.05, 0.1) is 24.2 Å². The maximum absolute atomic E-state index is 14.6. The molecule has 4 N–H and O–H groups in total. The fraction of sp³-hybridized carbons (Fsp3) is 0.889. The molecule has 8 heteroatoms. The minimum absolute atomic E-state index is 0.0299. The lowest BCUT2D eigenvalue weighted by molar-refractivity contribution is -0.296. The van der Waals surface area contributed by atoms with E-state index in [-0.39, 0.29) is 69.7 Å². The van der Waals surface area contributed by atoms with Gasteiger partial charge in [-0.1, -0.05) is 47.1 Å². The van der Waals surface area contributed by atoms with Gasteiger partial charge in [-0.3, -0.25) is 9.59 Å². The molecule has 1 heterocycles. The zero-order chi connectivity index (χ0) is 32.3. The van der Waals surface area contributed by atoms with Gasteiger partial charge in [-0.05, 0) is 110 Å². The molecule has 0 aromatic rings. The Balaban J connectivity index is 1.31. The lowest BCUT2D eigenvalue weighted by Gasteiger charge is -2.70. The van der Waals surface area contributed by atoms with Gasteiger partial charge in [0, 0.05) is 12.3 Å². The fourth-order valence-corrected chi connectivity index (χ4v) is 11.9. The first-order valence-electron chi connectivity index (χ1n) is 17.1. The van der Waals surface area contributed by atoms with Gasteiger partial charge < -0.3 is 29.9 Å². The quantitative estimate of drug-likeness (QED) is 0.314. The van der Waals surface area contributed by atoms with Crippen molar-refractivity contribution in [1.29, 1.82) is 0 Å². The molecule has 4 saturated carbocycles. The molecule has 1 saturated heterocycles. The van der Waals surface area contributed by atoms with E-state index in [0.29, 0.717) is 12.8 Å². The summed E-state index contributed by atoms with van der Waals surface area (Å²) in [6, 6.07) is 0. The van der Waals surface area contributed by atoms with Crippen molar-refractivity contribution < 1.29 is 39.5 Å². The molecular weight excluding hydrogens is 560 g/mol. The number of aliphatic carboxylic acids is 1. The fourth-order valence-electron chi connectivity index (χ4n) is 11.9. The van der Waals surface area contributed by atoms with Crippen molar-refractivity contribution in [2.45, 2.75) is 143 Å². The highest BCUT2D eigenvalue weighted by molar-refractivity contribution is 5.95. The van der Waals surface area contributed by atoms with E-state index in [1.165, 1.54) is 5.57 Å². The number of carbonyl (C=O) groups is 2. The molecule has 8 nitrogen and oxygen atoms in total. The Labute approximate surface area is 263 Å². The number of hydrogen-bond donors (Lipinski definition) is 4. The predicted molar refractivity (Wildman–Crippen MR) is 164 cm³/mol. The van der Waals surface area contributed by atoms with Gasteiger partial charge in [0.25, 0.3) is 0 Å². The monoisotopic (exact) mass is 616 g/mol. The molecule has 0 aromatic heterocycles. The average molecular weight is 617 g/mol. The summed E-state index contributed by atoms with van der Waals surface area (Å²) in [7, 11) is 0. The summed E-state index contributed by atoms with van der Waals surface area (Å²) in [5, 5.41) is 40.4. The van der Waals surface area contributed by atoms with Crippen LogP contribution in [0.15, 0.2) is 11.6 Å². The number of ketones is 1. The number of carboxylic acids is 1. The van der Waals surface area contributed by atoms with Crippen molar-refractivity contribution >= 4 is 11.8 Å². The van der Waals surface area contributed by atoms with Crippen LogP contribution < -0.4 is 0 Å². The van der Waals surface area contributed by atoms with E-state index in [1.807, 2.05) is 13.0 Å². The Morgan fingerprint density at radius 2 is 1.66 bits per heavy atom. The molecular formula is C36H56O8. The van der Waals surface area contributed by atoms with Crippen LogP contribution in [0, 0.1) is 50.2 Å². The van der Waals surface area contributed by atoms with E-state index >= 15 is 0 Å². The summed E-state index contributed by atoms with van der Waals surface area (Å²) in [5.41, 5.74) is -0.373. The highest BCUT2D eigenvalue weighted by Gasteiger charge is 2.70. The summed E-state index contributed by atoms with van der Waals surface area (Å²) in [6.07, 6.45) is 6.05. The molecule has 6 aliphatic rings. The molecule has 0 amide bonds. The van der Waals surface area contributed by atoms with Crippen molar-refractivity contribution in [3.8, 4) is 0 Å². The molecule has 248 valence electrons. The third-order valence-corrected chi connectivity index (χ3v) is 15.1. The van der Waals surface area contributed by atoms with Gasteiger partial charge in [0.1, 0.15) is 12.2 Å². The molecule has 0 unspecified atom stereocenters. The number of rotatable bonds is 4. The third-order valence-electron chi connectivity index (χ3n) is 15.1. The van der Waals surface area contributed by atoms with Crippen molar-refractivity contribution in [1.82, 2.24) is 0 Å². The topological polar surface area (TPSA) is 134 Å². The minimum atomic E-state index is -1.14. The summed E-state index contributed by atoms with van der Waals surface area (Å²) in [6.45, 7) is 15.4. The molecule has 5 fully saturated rings. The standard InChI is InChI=1S/C36H56O8/c1-31(2)25-8-11-36(7)29(34(25,5)10-9-26(31)44-27-17-22(38)28(40)24(19-37)43-27)23(39)16-20-21-18-33(4,30(41)42)13-12-32(21,3)14-15-35(20,36)6/h16,21-22,24-29,37-38,40H,8-15,17-19H2,1-7H3,(H,41,42)/t21-,22-,24-,25-,26-,27+,28-,29+,32+,33-,34-,35+,36+/m0/s1. The van der Waals surface area contributed by atoms with Gasteiger partial charge in [0.2, 0.25) is 0 Å². The van der Waals surface area contributed by atoms with Gasteiger partial charge in [-0.15, -0.1) is 0 Å². The molecule has 6 rings (SSSR count). The second-order valence-corrected chi connectivity index (χ2v) is 17.6. The summed E-state index contributed by atoms with van der Waals surface area (Å²) < 4.78 is 12.4. The summed E-state index contributed by atoms with van der Waals surface area (Å²) in [5.74, 6) is -0.267. The second kappa shape index (κ2) is 10.3. The van der Waals surface area contributed by atoms with Crippen LogP contribution in [-0.4, -0.2) is 69.5 Å². The Morgan fingerprint density at radius 3 is 2.32 bits per heavy atom. The van der Waals surface area contributed by atoms with Crippen LogP contribution >= 0.6 is 0 Å². The zero-order valence-corrected chi connectivity index (χ0v) is 27.9. The van der Waals surface area contributed by atoms with Crippen LogP contribution in [0.4, 0.5) is 0 Å². The van der Waals surface area contributed by atoms with Crippen molar-refractivity contribution in [2.24, 2.45) is 50.2 Å². The molecule has 44 heavy (non-hydrogen) atoms. The van der Waals surface area contributed by atoms with E-state index < -0.39 is 36.0 Å². The van der Waals surface area contributed by atoms with Crippen LogP contribution in [0.5, 0.6) is 0 Å². The highest BCUT2D eigenvalue weighted by Crippen LogP contribution is 2.75. The van der Waals surface area contributed by atoms with Crippen LogP contribution in [-0.2, 0) is 19.1 Å². The Morgan fingerprint density at radius 1 is 0.977 bits per heavy atom. The number of hydrogen-bond acceptors (Lipinski definition) is 7. The van der Waals surface area contributed by atoms with E-state index in [1.54, 1.807) is 0 Å². The number of aliphatic hydroxyl groups is 3. The predicted octanol–water partition coefficient (Wildman–Crippen LogP) is 5.27. The maximum Gasteiger partial charge on any atom is 0.309 e. The third kappa shape index (κ3) is 4.40. The van der Waals surface area contributed by atoms with Crippen molar-refractivity contribution in [3.05, 3.63) is 11.6 Å². The number of aliphatic hydroxyl groups excluding tert-OH is 3. The summed E-state index contributed by atoms with van der Waals surface area (Å²) >= 11 is 0. The Hall–Kier alpha value is -1.32. The lowest BCUT2D eigenvalue weighted by Crippen LogP contribution is -2.67. The lowest BCUT2D eigenvalue weighted by atomic mass is 9.33. The molecule has 0 radical (unpaired) electrons. The minimum Gasteiger partial charge on any atom is -0.481 e. The molecule has 0 aromatic carbocycles. The first-order chi connectivity index (χ1) is 20.4.